The number of benzene rings is 1. The molecule has 0 atom stereocenters. The molecule has 0 aliphatic rings. The van der Waals surface area contributed by atoms with E-state index in [2.05, 4.69) is 17.6 Å². The van der Waals surface area contributed by atoms with Crippen molar-refractivity contribution < 1.29 is 14.3 Å². The Kier molecular flexibility index (Phi) is 5.76. The van der Waals surface area contributed by atoms with Gasteiger partial charge in [0.15, 0.2) is 0 Å². The Bertz CT molecular complexity index is 706. The topological polar surface area (TPSA) is 72.4 Å². The first-order chi connectivity index (χ1) is 11.1. The molecule has 2 rings (SSSR count). The number of nitrogens with zero attached hydrogens (tertiary/aromatic N) is 1. The summed E-state index contributed by atoms with van der Waals surface area (Å²) in [6.45, 7) is 5.26. The van der Waals surface area contributed by atoms with Crippen LogP contribution in [-0.2, 0) is 16.1 Å². The number of carbonyl (C=O) groups is 2. The average molecular weight is 317 g/mol. The summed E-state index contributed by atoms with van der Waals surface area (Å²) in [6, 6.07) is 7.53. The van der Waals surface area contributed by atoms with Crippen LogP contribution in [0.3, 0.4) is 0 Å². The fourth-order valence-corrected chi connectivity index (χ4v) is 2.56. The maximum Gasteiger partial charge on any atom is 0.268 e. The Morgan fingerprint density at radius 3 is 2.70 bits per heavy atom. The number of fused-ring (bicyclic) bond motifs is 1. The van der Waals surface area contributed by atoms with E-state index in [0.717, 1.165) is 29.6 Å². The van der Waals surface area contributed by atoms with E-state index in [1.54, 1.807) is 7.11 Å². The third kappa shape index (κ3) is 4.10. The van der Waals surface area contributed by atoms with Crippen molar-refractivity contribution in [1.29, 1.82) is 0 Å². The zero-order chi connectivity index (χ0) is 16.8. The number of aromatic nitrogens is 1. The smallest absolute Gasteiger partial charge is 0.268 e. The Labute approximate surface area is 135 Å². The quantitative estimate of drug-likeness (QED) is 0.770. The van der Waals surface area contributed by atoms with Gasteiger partial charge in [-0.2, -0.15) is 0 Å². The lowest BCUT2D eigenvalue weighted by Gasteiger charge is -2.10. The van der Waals surface area contributed by atoms with E-state index >= 15 is 0 Å². The molecule has 0 spiro atoms. The highest BCUT2D eigenvalue weighted by molar-refractivity contribution is 6.00. The minimum absolute atomic E-state index is 0.116. The van der Waals surface area contributed by atoms with Crippen molar-refractivity contribution in [3.63, 3.8) is 0 Å². The van der Waals surface area contributed by atoms with Gasteiger partial charge in [0.1, 0.15) is 5.69 Å². The number of hydrogen-bond acceptors (Lipinski definition) is 3. The van der Waals surface area contributed by atoms with E-state index in [9.17, 15) is 9.59 Å². The molecular formula is C17H23N3O3. The zero-order valence-electron chi connectivity index (χ0n) is 13.8. The summed E-state index contributed by atoms with van der Waals surface area (Å²) >= 11 is 0. The highest BCUT2D eigenvalue weighted by Gasteiger charge is 2.15. The average Bonchev–Trinajstić information content (AvgIpc) is 2.85. The summed E-state index contributed by atoms with van der Waals surface area (Å²) in [7, 11) is 1.60. The second-order valence-corrected chi connectivity index (χ2v) is 5.38. The lowest BCUT2D eigenvalue weighted by Crippen LogP contribution is -2.28. The van der Waals surface area contributed by atoms with Gasteiger partial charge in [-0.15, -0.1) is 0 Å². The number of carbonyl (C=O) groups excluding carboxylic acids is 2. The number of ether oxygens (including phenoxy) is 1. The van der Waals surface area contributed by atoms with E-state index in [-0.39, 0.29) is 11.8 Å². The first-order valence-corrected chi connectivity index (χ1v) is 7.74. The fraction of sp³-hybridized carbons (Fsp3) is 0.412. The molecule has 0 aliphatic heterocycles. The van der Waals surface area contributed by atoms with Gasteiger partial charge in [0.05, 0.1) is 6.61 Å². The van der Waals surface area contributed by atoms with Gasteiger partial charge >= 0.3 is 0 Å². The molecule has 2 amide bonds. The second kappa shape index (κ2) is 7.78. The van der Waals surface area contributed by atoms with E-state index in [0.29, 0.717) is 18.8 Å². The molecule has 23 heavy (non-hydrogen) atoms. The van der Waals surface area contributed by atoms with Crippen molar-refractivity contribution in [3.8, 4) is 0 Å². The first-order valence-electron chi connectivity index (χ1n) is 7.74. The third-order valence-corrected chi connectivity index (χ3v) is 3.49. The highest BCUT2D eigenvalue weighted by atomic mass is 16.5. The van der Waals surface area contributed by atoms with Crippen LogP contribution in [0, 0.1) is 0 Å². The molecule has 6 nitrogen and oxygen atoms in total. The lowest BCUT2D eigenvalue weighted by atomic mass is 10.2. The number of amides is 2. The van der Waals surface area contributed by atoms with Gasteiger partial charge in [-0.05, 0) is 30.7 Å². The molecule has 2 N–H and O–H groups in total. The van der Waals surface area contributed by atoms with Crippen LogP contribution in [0.1, 0.15) is 30.8 Å². The van der Waals surface area contributed by atoms with Crippen molar-refractivity contribution in [2.75, 3.05) is 25.6 Å². The van der Waals surface area contributed by atoms with Crippen molar-refractivity contribution in [1.82, 2.24) is 9.88 Å². The van der Waals surface area contributed by atoms with E-state index in [4.69, 9.17) is 4.74 Å². The molecule has 0 unspecified atom stereocenters. The summed E-state index contributed by atoms with van der Waals surface area (Å²) < 4.78 is 6.96. The molecule has 124 valence electrons. The summed E-state index contributed by atoms with van der Waals surface area (Å²) in [5.41, 5.74) is 2.33. The summed E-state index contributed by atoms with van der Waals surface area (Å²) in [5.74, 6) is -0.234. The summed E-state index contributed by atoms with van der Waals surface area (Å²) in [5, 5.41) is 6.55. The second-order valence-electron chi connectivity index (χ2n) is 5.38. The van der Waals surface area contributed by atoms with E-state index in [1.807, 2.05) is 28.8 Å². The number of anilines is 1. The summed E-state index contributed by atoms with van der Waals surface area (Å²) in [6.07, 6.45) is 0.926. The molecule has 1 aromatic heterocycles. The van der Waals surface area contributed by atoms with Crippen LogP contribution in [-0.4, -0.2) is 36.6 Å². The van der Waals surface area contributed by atoms with Crippen molar-refractivity contribution in [3.05, 3.63) is 30.0 Å². The third-order valence-electron chi connectivity index (χ3n) is 3.49. The Hall–Kier alpha value is -2.34. The van der Waals surface area contributed by atoms with Gasteiger partial charge in [0.2, 0.25) is 5.91 Å². The molecular weight excluding hydrogens is 294 g/mol. The molecule has 0 bridgehead atoms. The normalized spacial score (nSPS) is 10.7. The fourth-order valence-electron chi connectivity index (χ4n) is 2.56. The monoisotopic (exact) mass is 317 g/mol. The molecule has 0 aliphatic carbocycles. The number of hydrogen-bond donors (Lipinski definition) is 2. The van der Waals surface area contributed by atoms with Gasteiger partial charge in [-0.1, -0.05) is 6.92 Å². The minimum Gasteiger partial charge on any atom is -0.383 e. The van der Waals surface area contributed by atoms with Gasteiger partial charge < -0.3 is 19.9 Å². The van der Waals surface area contributed by atoms with Crippen LogP contribution in [0.2, 0.25) is 0 Å². The largest absolute Gasteiger partial charge is 0.383 e. The van der Waals surface area contributed by atoms with Gasteiger partial charge in [-0.25, -0.2) is 0 Å². The highest BCUT2D eigenvalue weighted by Crippen LogP contribution is 2.24. The Balaban J connectivity index is 2.36. The number of nitrogens with one attached hydrogen (secondary N) is 2. The van der Waals surface area contributed by atoms with Gasteiger partial charge in [-0.3, -0.25) is 9.59 Å². The Morgan fingerprint density at radius 2 is 2.04 bits per heavy atom. The van der Waals surface area contributed by atoms with Crippen LogP contribution in [0.4, 0.5) is 5.69 Å². The maximum atomic E-state index is 12.4. The molecule has 6 heteroatoms. The predicted molar refractivity (Wildman–Crippen MR) is 90.7 cm³/mol. The van der Waals surface area contributed by atoms with Crippen molar-refractivity contribution >= 4 is 28.4 Å². The van der Waals surface area contributed by atoms with Crippen LogP contribution in [0.15, 0.2) is 24.3 Å². The SMILES string of the molecule is CCCn1c(C(=O)NCCOC)cc2cc(NC(C)=O)ccc21. The Morgan fingerprint density at radius 1 is 1.26 bits per heavy atom. The molecule has 1 aromatic carbocycles. The predicted octanol–water partition coefficient (Wildman–Crippen LogP) is 2.39. The van der Waals surface area contributed by atoms with Crippen LogP contribution in [0.5, 0.6) is 0 Å². The van der Waals surface area contributed by atoms with E-state index < -0.39 is 0 Å². The number of aryl methyl sites for hydroxylation is 1. The van der Waals surface area contributed by atoms with Crippen LogP contribution < -0.4 is 10.6 Å². The molecule has 0 radical (unpaired) electrons. The lowest BCUT2D eigenvalue weighted by molar-refractivity contribution is -0.114. The zero-order valence-corrected chi connectivity index (χ0v) is 13.8. The molecule has 1 heterocycles. The number of methoxy groups -OCH3 is 1. The standard InChI is InChI=1S/C17H23N3O3/c1-4-8-20-15-6-5-14(19-12(2)21)10-13(15)11-16(20)17(22)18-7-9-23-3/h5-6,10-11H,4,7-9H2,1-3H3,(H,18,22)(H,19,21). The molecule has 0 fully saturated rings. The van der Waals surface area contributed by atoms with Gasteiger partial charge in [0, 0.05) is 43.7 Å². The minimum atomic E-state index is -0.118. The van der Waals surface area contributed by atoms with Crippen molar-refractivity contribution in [2.24, 2.45) is 0 Å². The van der Waals surface area contributed by atoms with Gasteiger partial charge in [0.25, 0.3) is 5.91 Å². The summed E-state index contributed by atoms with van der Waals surface area (Å²) in [4.78, 5) is 23.6. The van der Waals surface area contributed by atoms with Crippen LogP contribution in [0.25, 0.3) is 10.9 Å². The maximum absolute atomic E-state index is 12.4. The molecule has 0 saturated heterocycles. The number of rotatable bonds is 7. The van der Waals surface area contributed by atoms with Crippen LogP contribution >= 0.6 is 0 Å². The molecule has 2 aromatic rings. The first kappa shape index (κ1) is 17.0. The molecule has 0 saturated carbocycles. The van der Waals surface area contributed by atoms with E-state index in [1.165, 1.54) is 6.92 Å². The van der Waals surface area contributed by atoms with Crippen molar-refractivity contribution in [2.45, 2.75) is 26.8 Å².